The molecule has 1 heterocycles. The summed E-state index contributed by atoms with van der Waals surface area (Å²) in [7, 11) is 0. The Bertz CT molecular complexity index is 934. The van der Waals surface area contributed by atoms with Crippen LogP contribution in [0.2, 0.25) is 0 Å². The molecule has 0 saturated carbocycles. The van der Waals surface area contributed by atoms with E-state index in [2.05, 4.69) is 23.1 Å². The number of hydrogen-bond donors (Lipinski definition) is 3. The van der Waals surface area contributed by atoms with Gasteiger partial charge in [-0.05, 0) is 25.0 Å². The summed E-state index contributed by atoms with van der Waals surface area (Å²) in [6.07, 6.45) is 1.72. The molecule has 0 fully saturated rings. The van der Waals surface area contributed by atoms with E-state index >= 15 is 0 Å². The minimum atomic E-state index is -0.495. The van der Waals surface area contributed by atoms with Gasteiger partial charge in [0.15, 0.2) is 5.76 Å². The van der Waals surface area contributed by atoms with Crippen molar-refractivity contribution in [3.05, 3.63) is 71.5 Å². The Hall–Kier alpha value is -3.28. The van der Waals surface area contributed by atoms with Gasteiger partial charge in [-0.25, -0.2) is 10.2 Å². The smallest absolute Gasteiger partial charge is 0.333 e. The Kier molecular flexibility index (Phi) is 5.76. The number of benzene rings is 2. The first kappa shape index (κ1) is 18.5. The van der Waals surface area contributed by atoms with Gasteiger partial charge in [0.25, 0.3) is 0 Å². The predicted molar refractivity (Wildman–Crippen MR) is 104 cm³/mol. The molecule has 3 N–H and O–H groups in total. The summed E-state index contributed by atoms with van der Waals surface area (Å²) >= 11 is 0. The summed E-state index contributed by atoms with van der Waals surface area (Å²) < 4.78 is 5.60. The lowest BCUT2D eigenvalue weighted by Crippen LogP contribution is -2.47. The largest absolute Gasteiger partial charge is 0.451 e. The number of carbonyl (C=O) groups excluding carboxylic acids is 2. The molecule has 0 spiro atoms. The molecule has 6 heteroatoms. The van der Waals surface area contributed by atoms with Gasteiger partial charge >= 0.3 is 11.9 Å². The highest BCUT2D eigenvalue weighted by Gasteiger charge is 2.19. The zero-order valence-electron chi connectivity index (χ0n) is 15.4. The SMILES string of the molecule is CCC[C@H](NC(=O)NNC(=O)c1oc2ccccc2c1C)c1ccccc1. The van der Waals surface area contributed by atoms with Gasteiger partial charge in [-0.2, -0.15) is 0 Å². The average Bonchev–Trinajstić information content (AvgIpc) is 3.03. The Morgan fingerprint density at radius 3 is 2.41 bits per heavy atom. The number of hydrazine groups is 1. The molecule has 3 amide bonds. The van der Waals surface area contributed by atoms with Crippen LogP contribution < -0.4 is 16.2 Å². The fourth-order valence-electron chi connectivity index (χ4n) is 3.05. The second-order valence-electron chi connectivity index (χ2n) is 6.36. The number of amides is 3. The van der Waals surface area contributed by atoms with Gasteiger partial charge in [-0.15, -0.1) is 0 Å². The number of rotatable bonds is 5. The van der Waals surface area contributed by atoms with Gasteiger partial charge < -0.3 is 9.73 Å². The van der Waals surface area contributed by atoms with E-state index < -0.39 is 11.9 Å². The minimum absolute atomic E-state index is 0.124. The van der Waals surface area contributed by atoms with Gasteiger partial charge in [-0.1, -0.05) is 61.9 Å². The zero-order valence-corrected chi connectivity index (χ0v) is 15.4. The summed E-state index contributed by atoms with van der Waals surface area (Å²) in [6, 6.07) is 16.6. The van der Waals surface area contributed by atoms with Crippen LogP contribution in [0.25, 0.3) is 11.0 Å². The van der Waals surface area contributed by atoms with Crippen molar-refractivity contribution in [2.75, 3.05) is 0 Å². The number of urea groups is 1. The molecule has 2 aromatic carbocycles. The maximum atomic E-state index is 12.4. The van der Waals surface area contributed by atoms with Crippen LogP contribution in [-0.4, -0.2) is 11.9 Å². The van der Waals surface area contributed by atoms with Crippen molar-refractivity contribution in [2.24, 2.45) is 0 Å². The Labute approximate surface area is 157 Å². The Morgan fingerprint density at radius 1 is 1.00 bits per heavy atom. The maximum absolute atomic E-state index is 12.4. The van der Waals surface area contributed by atoms with Crippen LogP contribution in [0.1, 0.15) is 47.5 Å². The number of furan rings is 1. The fraction of sp³-hybridized carbons (Fsp3) is 0.238. The van der Waals surface area contributed by atoms with Crippen molar-refractivity contribution in [3.8, 4) is 0 Å². The van der Waals surface area contributed by atoms with E-state index in [0.717, 1.165) is 29.4 Å². The van der Waals surface area contributed by atoms with Gasteiger partial charge in [0.1, 0.15) is 5.58 Å². The zero-order chi connectivity index (χ0) is 19.2. The normalized spacial score (nSPS) is 11.8. The average molecular weight is 365 g/mol. The topological polar surface area (TPSA) is 83.4 Å². The first-order valence-corrected chi connectivity index (χ1v) is 9.00. The van der Waals surface area contributed by atoms with Crippen molar-refractivity contribution in [3.63, 3.8) is 0 Å². The van der Waals surface area contributed by atoms with Crippen LogP contribution in [0.5, 0.6) is 0 Å². The summed E-state index contributed by atoms with van der Waals surface area (Å²) in [4.78, 5) is 24.6. The van der Waals surface area contributed by atoms with E-state index in [9.17, 15) is 9.59 Å². The molecule has 140 valence electrons. The summed E-state index contributed by atoms with van der Waals surface area (Å²) in [5.41, 5.74) is 7.20. The van der Waals surface area contributed by atoms with Crippen molar-refractivity contribution < 1.29 is 14.0 Å². The molecule has 0 unspecified atom stereocenters. The van der Waals surface area contributed by atoms with Crippen LogP contribution in [-0.2, 0) is 0 Å². The van der Waals surface area contributed by atoms with Crippen molar-refractivity contribution in [2.45, 2.75) is 32.7 Å². The lowest BCUT2D eigenvalue weighted by molar-refractivity contribution is 0.0909. The number of carbonyl (C=O) groups is 2. The molecule has 27 heavy (non-hydrogen) atoms. The second kappa shape index (κ2) is 8.40. The van der Waals surface area contributed by atoms with Crippen LogP contribution >= 0.6 is 0 Å². The van der Waals surface area contributed by atoms with Crippen LogP contribution in [0, 0.1) is 6.92 Å². The fourth-order valence-corrected chi connectivity index (χ4v) is 3.05. The molecule has 0 saturated heterocycles. The third kappa shape index (κ3) is 4.28. The maximum Gasteiger partial charge on any atom is 0.333 e. The molecule has 1 aromatic heterocycles. The quantitative estimate of drug-likeness (QED) is 0.592. The Morgan fingerprint density at radius 2 is 1.70 bits per heavy atom. The first-order valence-electron chi connectivity index (χ1n) is 9.00. The lowest BCUT2D eigenvalue weighted by Gasteiger charge is -2.19. The minimum Gasteiger partial charge on any atom is -0.451 e. The van der Waals surface area contributed by atoms with Crippen LogP contribution in [0.15, 0.2) is 59.0 Å². The molecule has 3 aromatic rings. The molecule has 0 aliphatic rings. The first-order chi connectivity index (χ1) is 13.1. The van der Waals surface area contributed by atoms with Crippen molar-refractivity contribution in [1.29, 1.82) is 0 Å². The lowest BCUT2D eigenvalue weighted by atomic mass is 10.0. The molecule has 3 rings (SSSR count). The van der Waals surface area contributed by atoms with E-state index in [0.29, 0.717) is 5.58 Å². The Balaban J connectivity index is 1.62. The standard InChI is InChI=1S/C21H23N3O3/c1-3-9-17(15-10-5-4-6-11-15)22-21(26)24-23-20(25)19-14(2)16-12-7-8-13-18(16)27-19/h4-8,10-13,17H,3,9H2,1-2H3,(H,23,25)(H2,22,24,26)/t17-/m0/s1. The van der Waals surface area contributed by atoms with Crippen LogP contribution in [0.4, 0.5) is 4.79 Å². The number of para-hydroxylation sites is 1. The number of nitrogens with one attached hydrogen (secondary N) is 3. The number of aryl methyl sites for hydroxylation is 1. The van der Waals surface area contributed by atoms with Gasteiger partial charge in [-0.3, -0.25) is 10.2 Å². The highest BCUT2D eigenvalue weighted by molar-refractivity contribution is 5.99. The molecule has 0 bridgehead atoms. The second-order valence-corrected chi connectivity index (χ2v) is 6.36. The highest BCUT2D eigenvalue weighted by Crippen LogP contribution is 2.24. The van der Waals surface area contributed by atoms with Crippen molar-refractivity contribution in [1.82, 2.24) is 16.2 Å². The number of fused-ring (bicyclic) bond motifs is 1. The summed E-state index contributed by atoms with van der Waals surface area (Å²) in [5.74, 6) is -0.310. The van der Waals surface area contributed by atoms with Crippen LogP contribution in [0.3, 0.4) is 0 Å². The predicted octanol–water partition coefficient (Wildman–Crippen LogP) is 4.23. The van der Waals surface area contributed by atoms with E-state index in [1.165, 1.54) is 0 Å². The van der Waals surface area contributed by atoms with E-state index in [4.69, 9.17) is 4.42 Å². The molecule has 6 nitrogen and oxygen atoms in total. The molecule has 0 aliphatic heterocycles. The summed E-state index contributed by atoms with van der Waals surface area (Å²) in [6.45, 7) is 3.87. The van der Waals surface area contributed by atoms with Gasteiger partial charge in [0, 0.05) is 10.9 Å². The molecule has 1 atom stereocenters. The number of hydrogen-bond acceptors (Lipinski definition) is 3. The molecule has 0 aliphatic carbocycles. The highest BCUT2D eigenvalue weighted by atomic mass is 16.3. The van der Waals surface area contributed by atoms with Gasteiger partial charge in [0.05, 0.1) is 6.04 Å². The molecular formula is C21H23N3O3. The molecular weight excluding hydrogens is 342 g/mol. The van der Waals surface area contributed by atoms with E-state index in [1.54, 1.807) is 6.07 Å². The summed E-state index contributed by atoms with van der Waals surface area (Å²) in [5, 5.41) is 3.76. The third-order valence-corrected chi connectivity index (χ3v) is 4.42. The van der Waals surface area contributed by atoms with E-state index in [-0.39, 0.29) is 11.8 Å². The van der Waals surface area contributed by atoms with E-state index in [1.807, 2.05) is 55.5 Å². The van der Waals surface area contributed by atoms with Gasteiger partial charge in [0.2, 0.25) is 0 Å². The monoisotopic (exact) mass is 365 g/mol. The van der Waals surface area contributed by atoms with Crippen molar-refractivity contribution >= 4 is 22.9 Å². The third-order valence-electron chi connectivity index (χ3n) is 4.42. The molecule has 0 radical (unpaired) electrons.